The number of benzene rings is 2. The van der Waals surface area contributed by atoms with E-state index in [0.717, 1.165) is 17.7 Å². The van der Waals surface area contributed by atoms with Gasteiger partial charge in [-0.25, -0.2) is 19.0 Å². The molecule has 2 heterocycles. The molecule has 1 aliphatic rings. The highest BCUT2D eigenvalue weighted by Crippen LogP contribution is 2.30. The van der Waals surface area contributed by atoms with Crippen LogP contribution in [0.25, 0.3) is 11.3 Å². The van der Waals surface area contributed by atoms with Crippen LogP contribution in [0.4, 0.5) is 19.3 Å². The number of rotatable bonds is 5. The summed E-state index contributed by atoms with van der Waals surface area (Å²) in [5.41, 5.74) is 11.5. The number of carbonyl (C=O) groups is 2. The van der Waals surface area contributed by atoms with Gasteiger partial charge in [0.1, 0.15) is 5.69 Å². The number of carbonyl (C=O) groups excluding carboxylic acids is 2. The number of fused-ring (bicyclic) bond motifs is 1. The zero-order chi connectivity index (χ0) is 25.1. The lowest BCUT2D eigenvalue weighted by Gasteiger charge is -2.28. The second-order valence-corrected chi connectivity index (χ2v) is 7.76. The fourth-order valence-electron chi connectivity index (χ4n) is 3.96. The summed E-state index contributed by atoms with van der Waals surface area (Å²) in [6.07, 6.45) is 0.627. The molecular weight excluding hydrogens is 458 g/mol. The molecule has 0 radical (unpaired) electrons. The monoisotopic (exact) mass is 478 g/mol. The maximum absolute atomic E-state index is 13.9. The van der Waals surface area contributed by atoms with Crippen molar-refractivity contribution in [3.8, 4) is 17.3 Å². The predicted molar refractivity (Wildman–Crippen MR) is 120 cm³/mol. The molecule has 0 spiro atoms. The summed E-state index contributed by atoms with van der Waals surface area (Å²) in [7, 11) is 0. The SMILES string of the molecule is CCc1cc(NC(=O)N2CCn3nc(-c4ccc(F)c(F)c4)c(C(=O)NN=N)c3C2)ccc1C#N. The summed E-state index contributed by atoms with van der Waals surface area (Å²) in [4.78, 5) is 27.2. The number of hydrogen-bond donors (Lipinski definition) is 3. The topological polar surface area (TPSA) is 139 Å². The standard InChI is InChI=1S/C23H20F2N8O2/c1-2-13-9-16(5-3-15(13)11-26)28-23(35)32-7-8-33-19(12-32)20(22(34)29-31-27)21(30-33)14-4-6-17(24)18(25)10-14/h3-6,9-10H,2,7-8,12H2,1H3,(H,28,35)(H2,27,29,34). The molecule has 0 unspecified atom stereocenters. The van der Waals surface area contributed by atoms with Crippen LogP contribution in [-0.2, 0) is 19.5 Å². The molecule has 3 amide bonds. The van der Waals surface area contributed by atoms with Crippen LogP contribution in [0.15, 0.2) is 41.6 Å². The summed E-state index contributed by atoms with van der Waals surface area (Å²) in [5.74, 6) is -2.90. The molecule has 0 fully saturated rings. The van der Waals surface area contributed by atoms with Crippen LogP contribution in [0.5, 0.6) is 0 Å². The molecule has 3 aromatic rings. The van der Waals surface area contributed by atoms with Crippen molar-refractivity contribution in [1.29, 1.82) is 10.8 Å². The Labute approximate surface area is 198 Å². The number of nitrogens with zero attached hydrogens (tertiary/aromatic N) is 5. The highest BCUT2D eigenvalue weighted by atomic mass is 19.2. The molecule has 0 atom stereocenters. The summed E-state index contributed by atoms with van der Waals surface area (Å²) >= 11 is 0. The summed E-state index contributed by atoms with van der Waals surface area (Å²) in [6, 6.07) is 9.86. The molecular formula is C23H20F2N8O2. The molecule has 0 saturated heterocycles. The van der Waals surface area contributed by atoms with Gasteiger partial charge in [0.05, 0.1) is 36.0 Å². The van der Waals surface area contributed by atoms with Crippen molar-refractivity contribution >= 4 is 17.6 Å². The Kier molecular flexibility index (Phi) is 6.50. The van der Waals surface area contributed by atoms with Crippen LogP contribution in [0, 0.1) is 28.5 Å². The molecule has 1 aliphatic heterocycles. The number of nitrogens with one attached hydrogen (secondary N) is 3. The molecule has 35 heavy (non-hydrogen) atoms. The number of amides is 3. The zero-order valence-electron chi connectivity index (χ0n) is 18.6. The van der Waals surface area contributed by atoms with Crippen molar-refractivity contribution in [2.24, 2.45) is 5.22 Å². The van der Waals surface area contributed by atoms with E-state index in [4.69, 9.17) is 5.53 Å². The Bertz CT molecular complexity index is 1380. The smallest absolute Gasteiger partial charge is 0.317 e. The molecule has 178 valence electrons. The average Bonchev–Trinajstić information content (AvgIpc) is 3.24. The van der Waals surface area contributed by atoms with Gasteiger partial charge in [0, 0.05) is 17.8 Å². The van der Waals surface area contributed by atoms with Crippen molar-refractivity contribution < 1.29 is 18.4 Å². The van der Waals surface area contributed by atoms with Crippen molar-refractivity contribution in [2.45, 2.75) is 26.4 Å². The molecule has 1 aromatic heterocycles. The first-order chi connectivity index (χ1) is 16.9. The number of halogens is 2. The largest absolute Gasteiger partial charge is 0.322 e. The molecule has 0 aliphatic carbocycles. The van der Waals surface area contributed by atoms with Gasteiger partial charge in [0.15, 0.2) is 11.6 Å². The lowest BCUT2D eigenvalue weighted by molar-refractivity contribution is 0.0947. The summed E-state index contributed by atoms with van der Waals surface area (Å²) in [6.45, 7) is 2.44. The first-order valence-corrected chi connectivity index (χ1v) is 10.7. The Morgan fingerprint density at radius 1 is 1.20 bits per heavy atom. The fraction of sp³-hybridized carbons (Fsp3) is 0.217. The van der Waals surface area contributed by atoms with Gasteiger partial charge in [-0.2, -0.15) is 15.9 Å². The predicted octanol–water partition coefficient (Wildman–Crippen LogP) is 3.99. The minimum Gasteiger partial charge on any atom is -0.317 e. The van der Waals surface area contributed by atoms with Gasteiger partial charge in [-0.3, -0.25) is 9.48 Å². The maximum Gasteiger partial charge on any atom is 0.322 e. The van der Waals surface area contributed by atoms with E-state index >= 15 is 0 Å². The van der Waals surface area contributed by atoms with E-state index in [1.807, 2.05) is 12.3 Å². The average molecular weight is 478 g/mol. The normalized spacial score (nSPS) is 12.5. The molecule has 0 saturated carbocycles. The third-order valence-electron chi connectivity index (χ3n) is 5.70. The minimum absolute atomic E-state index is 0.000176. The highest BCUT2D eigenvalue weighted by Gasteiger charge is 2.31. The Hall–Kier alpha value is -4.66. The molecule has 4 rings (SSSR count). The van der Waals surface area contributed by atoms with Crippen molar-refractivity contribution in [3.63, 3.8) is 0 Å². The quantitative estimate of drug-likeness (QED) is 0.377. The second-order valence-electron chi connectivity index (χ2n) is 7.76. The molecule has 10 nitrogen and oxygen atoms in total. The molecule has 2 aromatic carbocycles. The van der Waals surface area contributed by atoms with Gasteiger partial charge in [-0.05, 0) is 48.4 Å². The molecule has 3 N–H and O–H groups in total. The molecule has 0 bridgehead atoms. The zero-order valence-corrected chi connectivity index (χ0v) is 18.6. The number of nitriles is 1. The van der Waals surface area contributed by atoms with Crippen LogP contribution in [0.2, 0.25) is 0 Å². The number of urea groups is 1. The number of aromatic nitrogens is 2. The number of anilines is 1. The molecule has 12 heteroatoms. The second kappa shape index (κ2) is 9.68. The van der Waals surface area contributed by atoms with E-state index in [2.05, 4.69) is 21.7 Å². The highest BCUT2D eigenvalue weighted by molar-refractivity contribution is 6.01. The van der Waals surface area contributed by atoms with Gasteiger partial charge in [-0.15, -0.1) is 0 Å². The first kappa shape index (κ1) is 23.5. The van der Waals surface area contributed by atoms with Crippen LogP contribution in [0.1, 0.15) is 34.1 Å². The van der Waals surface area contributed by atoms with Gasteiger partial charge >= 0.3 is 6.03 Å². The van der Waals surface area contributed by atoms with Crippen molar-refractivity contribution in [3.05, 3.63) is 70.4 Å². The van der Waals surface area contributed by atoms with Gasteiger partial charge in [-0.1, -0.05) is 12.1 Å². The van der Waals surface area contributed by atoms with Crippen molar-refractivity contribution in [1.82, 2.24) is 20.1 Å². The van der Waals surface area contributed by atoms with Crippen molar-refractivity contribution in [2.75, 3.05) is 11.9 Å². The van der Waals surface area contributed by atoms with E-state index < -0.39 is 23.6 Å². The first-order valence-electron chi connectivity index (χ1n) is 10.7. The Balaban J connectivity index is 1.65. The fourth-order valence-corrected chi connectivity index (χ4v) is 3.96. The van der Waals surface area contributed by atoms with E-state index in [9.17, 15) is 23.6 Å². The van der Waals surface area contributed by atoms with E-state index in [-0.39, 0.29) is 36.5 Å². The third-order valence-corrected chi connectivity index (χ3v) is 5.70. The third kappa shape index (κ3) is 4.56. The summed E-state index contributed by atoms with van der Waals surface area (Å²) < 4.78 is 28.8. The minimum atomic E-state index is -1.10. The van der Waals surface area contributed by atoms with Gasteiger partial charge in [0.25, 0.3) is 5.91 Å². The maximum atomic E-state index is 13.9. The lowest BCUT2D eigenvalue weighted by atomic mass is 10.0. The van der Waals surface area contributed by atoms with Crippen LogP contribution in [0.3, 0.4) is 0 Å². The van der Waals surface area contributed by atoms with Crippen LogP contribution >= 0.6 is 0 Å². The van der Waals surface area contributed by atoms with Crippen LogP contribution < -0.4 is 10.7 Å². The van der Waals surface area contributed by atoms with Gasteiger partial charge < -0.3 is 10.2 Å². The van der Waals surface area contributed by atoms with Crippen LogP contribution in [-0.4, -0.2) is 33.2 Å². The Morgan fingerprint density at radius 2 is 2.00 bits per heavy atom. The van der Waals surface area contributed by atoms with E-state index in [0.29, 0.717) is 23.4 Å². The van der Waals surface area contributed by atoms with E-state index in [1.54, 1.807) is 18.2 Å². The van der Waals surface area contributed by atoms with Gasteiger partial charge in [0.2, 0.25) is 0 Å². The summed E-state index contributed by atoms with van der Waals surface area (Å²) in [5, 5.41) is 19.3. The Morgan fingerprint density at radius 3 is 2.69 bits per heavy atom. The number of hydrogen-bond acceptors (Lipinski definition) is 6. The number of aryl methyl sites for hydroxylation is 1. The van der Waals surface area contributed by atoms with E-state index in [1.165, 1.54) is 15.6 Å². The lowest BCUT2D eigenvalue weighted by Crippen LogP contribution is -2.41.